The van der Waals surface area contributed by atoms with E-state index in [1.54, 1.807) is 24.3 Å². The predicted molar refractivity (Wildman–Crippen MR) is 67.6 cm³/mol. The number of para-hydroxylation sites is 1. The van der Waals surface area contributed by atoms with Gasteiger partial charge in [0, 0.05) is 5.69 Å². The van der Waals surface area contributed by atoms with Crippen LogP contribution in [0.1, 0.15) is 10.4 Å². The van der Waals surface area contributed by atoms with Gasteiger partial charge in [-0.25, -0.2) is 4.98 Å². The van der Waals surface area contributed by atoms with E-state index in [0.717, 1.165) is 17.5 Å². The molecule has 1 amide bonds. The van der Waals surface area contributed by atoms with Crippen molar-refractivity contribution in [3.8, 4) is 0 Å². The quantitative estimate of drug-likeness (QED) is 0.499. The second kappa shape index (κ2) is 4.80. The van der Waals surface area contributed by atoms with Crippen LogP contribution >= 0.6 is 11.3 Å². The fraction of sp³-hybridized carbons (Fsp3) is 0. The van der Waals surface area contributed by atoms with E-state index < -0.39 is 10.8 Å². The number of anilines is 2. The lowest BCUT2D eigenvalue weighted by atomic mass is 10.2. The number of nitrogens with zero attached hydrogens (tertiary/aromatic N) is 2. The van der Waals surface area contributed by atoms with Gasteiger partial charge in [-0.15, -0.1) is 0 Å². The van der Waals surface area contributed by atoms with Crippen LogP contribution in [0.5, 0.6) is 0 Å². The Morgan fingerprint density at radius 2 is 2.17 bits per heavy atom. The molecule has 2 aromatic rings. The first-order chi connectivity index (χ1) is 8.58. The molecule has 0 radical (unpaired) electrons. The van der Waals surface area contributed by atoms with Crippen molar-refractivity contribution in [2.45, 2.75) is 0 Å². The smallest absolute Gasteiger partial charge is 0.345 e. The van der Waals surface area contributed by atoms with Crippen LogP contribution in [0.15, 0.2) is 30.5 Å². The van der Waals surface area contributed by atoms with E-state index in [0.29, 0.717) is 11.3 Å². The number of benzene rings is 1. The number of hydrogen-bond acceptors (Lipinski definition) is 6. The molecule has 0 saturated heterocycles. The highest BCUT2D eigenvalue weighted by molar-refractivity contribution is 7.18. The first-order valence-corrected chi connectivity index (χ1v) is 5.65. The van der Waals surface area contributed by atoms with E-state index in [2.05, 4.69) is 10.3 Å². The van der Waals surface area contributed by atoms with E-state index >= 15 is 0 Å². The van der Waals surface area contributed by atoms with Gasteiger partial charge in [0.1, 0.15) is 6.20 Å². The molecule has 0 fully saturated rings. The van der Waals surface area contributed by atoms with Gasteiger partial charge in [-0.3, -0.25) is 20.2 Å². The standard InChI is InChI=1S/C10H8N4O3S/c11-7-4-2-1-3-6(7)9(15)13-10-12-5-8(18-10)14(16)17/h1-5H,11H2,(H,12,13,15). The summed E-state index contributed by atoms with van der Waals surface area (Å²) < 4.78 is 0. The zero-order valence-electron chi connectivity index (χ0n) is 8.99. The molecule has 0 bridgehead atoms. The molecular weight excluding hydrogens is 256 g/mol. The lowest BCUT2D eigenvalue weighted by Gasteiger charge is -2.03. The Morgan fingerprint density at radius 3 is 2.78 bits per heavy atom. The summed E-state index contributed by atoms with van der Waals surface area (Å²) in [5.41, 5.74) is 6.28. The van der Waals surface area contributed by atoms with Crippen molar-refractivity contribution >= 4 is 33.1 Å². The van der Waals surface area contributed by atoms with E-state index in [1.807, 2.05) is 0 Å². The maximum absolute atomic E-state index is 11.8. The predicted octanol–water partition coefficient (Wildman–Crippen LogP) is 1.89. The molecule has 0 aliphatic rings. The number of nitrogens with one attached hydrogen (secondary N) is 1. The summed E-state index contributed by atoms with van der Waals surface area (Å²) >= 11 is 0.787. The molecule has 0 saturated carbocycles. The average molecular weight is 264 g/mol. The minimum atomic E-state index is -0.565. The molecular formula is C10H8N4O3S. The van der Waals surface area contributed by atoms with Gasteiger partial charge in [0.25, 0.3) is 5.91 Å². The summed E-state index contributed by atoms with van der Waals surface area (Å²) in [4.78, 5) is 25.5. The van der Waals surface area contributed by atoms with Crippen molar-refractivity contribution in [3.05, 3.63) is 46.1 Å². The fourth-order valence-electron chi connectivity index (χ4n) is 1.28. The van der Waals surface area contributed by atoms with Crippen LogP contribution in [-0.4, -0.2) is 15.8 Å². The van der Waals surface area contributed by atoms with Gasteiger partial charge in [-0.1, -0.05) is 12.1 Å². The minimum Gasteiger partial charge on any atom is -0.398 e. The second-order valence-corrected chi connectivity index (χ2v) is 4.31. The monoisotopic (exact) mass is 264 g/mol. The zero-order chi connectivity index (χ0) is 13.1. The highest BCUT2D eigenvalue weighted by Gasteiger charge is 2.15. The highest BCUT2D eigenvalue weighted by atomic mass is 32.1. The maximum Gasteiger partial charge on any atom is 0.345 e. The molecule has 2 rings (SSSR count). The lowest BCUT2D eigenvalue weighted by molar-refractivity contribution is -0.380. The highest BCUT2D eigenvalue weighted by Crippen LogP contribution is 2.25. The summed E-state index contributed by atoms with van der Waals surface area (Å²) in [5.74, 6) is -0.447. The Bertz CT molecular complexity index is 611. The van der Waals surface area contributed by atoms with Crippen LogP contribution in [0.2, 0.25) is 0 Å². The summed E-state index contributed by atoms with van der Waals surface area (Å²) in [6.45, 7) is 0. The number of nitrogens with two attached hydrogens (primary N) is 1. The molecule has 7 nitrogen and oxygen atoms in total. The van der Waals surface area contributed by atoms with Gasteiger partial charge in [0.2, 0.25) is 0 Å². The van der Waals surface area contributed by atoms with Crippen molar-refractivity contribution < 1.29 is 9.72 Å². The number of amides is 1. The number of hydrogen-bond donors (Lipinski definition) is 2. The fourth-order valence-corrected chi connectivity index (χ4v) is 1.90. The van der Waals surface area contributed by atoms with Gasteiger partial charge in [0.15, 0.2) is 5.13 Å². The van der Waals surface area contributed by atoms with Crippen LogP contribution in [-0.2, 0) is 0 Å². The molecule has 8 heteroatoms. The molecule has 3 N–H and O–H groups in total. The Kier molecular flexibility index (Phi) is 3.20. The van der Waals surface area contributed by atoms with Crippen LogP contribution in [0, 0.1) is 10.1 Å². The Morgan fingerprint density at radius 1 is 1.44 bits per heavy atom. The number of aromatic nitrogens is 1. The largest absolute Gasteiger partial charge is 0.398 e. The third-order valence-electron chi connectivity index (χ3n) is 2.10. The lowest BCUT2D eigenvalue weighted by Crippen LogP contribution is -2.13. The van der Waals surface area contributed by atoms with Crippen LogP contribution in [0.3, 0.4) is 0 Å². The van der Waals surface area contributed by atoms with Gasteiger partial charge in [0.05, 0.1) is 10.5 Å². The second-order valence-electron chi connectivity index (χ2n) is 3.30. The maximum atomic E-state index is 11.8. The van der Waals surface area contributed by atoms with Crippen LogP contribution < -0.4 is 11.1 Å². The number of carbonyl (C=O) groups is 1. The number of carbonyl (C=O) groups excluding carboxylic acids is 1. The molecule has 92 valence electrons. The van der Waals surface area contributed by atoms with Crippen LogP contribution in [0.25, 0.3) is 0 Å². The van der Waals surface area contributed by atoms with Crippen molar-refractivity contribution in [2.24, 2.45) is 0 Å². The molecule has 0 aliphatic carbocycles. The topological polar surface area (TPSA) is 111 Å². The van der Waals surface area contributed by atoms with Gasteiger partial charge in [-0.05, 0) is 23.5 Å². The summed E-state index contributed by atoms with van der Waals surface area (Å²) in [7, 11) is 0. The number of thiazole rings is 1. The van der Waals surface area contributed by atoms with E-state index in [9.17, 15) is 14.9 Å². The third-order valence-corrected chi connectivity index (χ3v) is 2.96. The number of nitro groups is 1. The average Bonchev–Trinajstić information content (AvgIpc) is 2.78. The summed E-state index contributed by atoms with van der Waals surface area (Å²) in [5, 5.41) is 13.0. The molecule has 0 atom stereocenters. The third kappa shape index (κ3) is 2.43. The van der Waals surface area contributed by atoms with Gasteiger partial charge < -0.3 is 5.73 Å². The molecule has 1 aromatic heterocycles. The minimum absolute atomic E-state index is 0.133. The van der Waals surface area contributed by atoms with Gasteiger partial charge in [-0.2, -0.15) is 0 Å². The zero-order valence-corrected chi connectivity index (χ0v) is 9.81. The van der Waals surface area contributed by atoms with Crippen molar-refractivity contribution in [3.63, 3.8) is 0 Å². The molecule has 1 aromatic carbocycles. The van der Waals surface area contributed by atoms with Crippen molar-refractivity contribution in [2.75, 3.05) is 11.1 Å². The van der Waals surface area contributed by atoms with Crippen molar-refractivity contribution in [1.82, 2.24) is 4.98 Å². The Labute approximate surface area is 105 Å². The molecule has 0 unspecified atom stereocenters. The normalized spacial score (nSPS) is 10.0. The van der Waals surface area contributed by atoms with E-state index in [4.69, 9.17) is 5.73 Å². The van der Waals surface area contributed by atoms with Gasteiger partial charge >= 0.3 is 5.00 Å². The first kappa shape index (κ1) is 12.0. The number of rotatable bonds is 3. The summed E-state index contributed by atoms with van der Waals surface area (Å²) in [6.07, 6.45) is 1.09. The first-order valence-electron chi connectivity index (χ1n) is 4.84. The van der Waals surface area contributed by atoms with Crippen molar-refractivity contribution in [1.29, 1.82) is 0 Å². The molecule has 0 spiro atoms. The SMILES string of the molecule is Nc1ccccc1C(=O)Nc1ncc([N+](=O)[O-])s1. The molecule has 1 heterocycles. The Hall–Kier alpha value is -2.48. The van der Waals surface area contributed by atoms with E-state index in [-0.39, 0.29) is 10.1 Å². The molecule has 18 heavy (non-hydrogen) atoms. The Balaban J connectivity index is 2.16. The van der Waals surface area contributed by atoms with Crippen LogP contribution in [0.4, 0.5) is 15.8 Å². The van der Waals surface area contributed by atoms with E-state index in [1.165, 1.54) is 0 Å². The number of nitrogen functional groups attached to an aromatic ring is 1. The summed E-state index contributed by atoms with van der Waals surface area (Å²) in [6, 6.07) is 6.54. The molecule has 0 aliphatic heterocycles.